The van der Waals surface area contributed by atoms with Crippen molar-refractivity contribution >= 4 is 34.2 Å². The Kier molecular flexibility index (Phi) is 5.69. The van der Waals surface area contributed by atoms with Crippen molar-refractivity contribution in [2.45, 2.75) is 58.8 Å². The van der Waals surface area contributed by atoms with Crippen LogP contribution in [0.4, 0.5) is 5.00 Å². The average molecular weight is 420 g/mol. The number of aliphatic carboxylic acids is 1. The summed E-state index contributed by atoms with van der Waals surface area (Å²) in [5.74, 6) is -1.81. The van der Waals surface area contributed by atoms with Crippen LogP contribution in [0.3, 0.4) is 0 Å². The number of fused-ring (bicyclic) bond motifs is 3. The third-order valence-electron chi connectivity index (χ3n) is 7.17. The molecule has 2 saturated carbocycles. The summed E-state index contributed by atoms with van der Waals surface area (Å²) in [5, 5.41) is 13.2. The summed E-state index contributed by atoms with van der Waals surface area (Å²) in [7, 11) is 0. The first kappa shape index (κ1) is 20.4. The van der Waals surface area contributed by atoms with Crippen molar-refractivity contribution in [3.63, 3.8) is 0 Å². The highest BCUT2D eigenvalue weighted by Gasteiger charge is 2.54. The molecule has 6 nitrogen and oxygen atoms in total. The molecule has 1 aromatic heterocycles. The number of hydrogen-bond donors (Lipinski definition) is 2. The first-order valence-corrected chi connectivity index (χ1v) is 11.6. The van der Waals surface area contributed by atoms with Crippen molar-refractivity contribution in [1.29, 1.82) is 0 Å². The minimum Gasteiger partial charge on any atom is -0.481 e. The van der Waals surface area contributed by atoms with Gasteiger partial charge in [-0.2, -0.15) is 0 Å². The van der Waals surface area contributed by atoms with E-state index in [0.717, 1.165) is 55.4 Å². The fourth-order valence-electron chi connectivity index (χ4n) is 5.73. The molecule has 1 heterocycles. The molecule has 0 unspecified atom stereocenters. The summed E-state index contributed by atoms with van der Waals surface area (Å²) in [4.78, 5) is 38.8. The number of rotatable bonds is 6. The lowest BCUT2D eigenvalue weighted by molar-refractivity contribution is -0.148. The van der Waals surface area contributed by atoms with Gasteiger partial charge < -0.3 is 15.2 Å². The molecule has 7 heteroatoms. The van der Waals surface area contributed by atoms with E-state index >= 15 is 0 Å². The van der Waals surface area contributed by atoms with Gasteiger partial charge in [0.05, 0.1) is 24.0 Å². The fraction of sp³-hybridized carbons (Fsp3) is 0.682. The van der Waals surface area contributed by atoms with Crippen LogP contribution in [-0.2, 0) is 27.2 Å². The van der Waals surface area contributed by atoms with Gasteiger partial charge in [0.2, 0.25) is 5.91 Å². The van der Waals surface area contributed by atoms with Crippen LogP contribution in [-0.4, -0.2) is 29.6 Å². The lowest BCUT2D eigenvalue weighted by atomic mass is 9.78. The van der Waals surface area contributed by atoms with Crippen molar-refractivity contribution in [1.82, 2.24) is 0 Å². The van der Waals surface area contributed by atoms with Crippen LogP contribution < -0.4 is 5.32 Å². The van der Waals surface area contributed by atoms with Crippen molar-refractivity contribution in [2.24, 2.45) is 29.6 Å². The van der Waals surface area contributed by atoms with E-state index < -0.39 is 23.8 Å². The summed E-state index contributed by atoms with van der Waals surface area (Å²) >= 11 is 1.47. The maximum atomic E-state index is 13.2. The fourth-order valence-corrected chi connectivity index (χ4v) is 7.08. The number of carbonyl (C=O) groups is 3. The summed E-state index contributed by atoms with van der Waals surface area (Å²) in [6, 6.07) is 0. The monoisotopic (exact) mass is 419 g/mol. The standard InChI is InChI=1S/C22H29NO5S/c1-3-11-5-8-14-15(9-11)29-20(18(14)22(27)28-4-2)23-19(24)16-12-6-7-13(10-12)17(16)21(25)26/h11-13,16-17H,3-10H2,1-2H3,(H,23,24)(H,25,26)/t11-,12+,13+,16-,17-/m1/s1. The molecule has 0 aliphatic heterocycles. The smallest absolute Gasteiger partial charge is 0.341 e. The third-order valence-corrected chi connectivity index (χ3v) is 8.34. The predicted molar refractivity (Wildman–Crippen MR) is 110 cm³/mol. The molecule has 0 radical (unpaired) electrons. The zero-order valence-corrected chi connectivity index (χ0v) is 17.8. The second kappa shape index (κ2) is 8.09. The van der Waals surface area contributed by atoms with E-state index in [4.69, 9.17) is 4.74 Å². The molecule has 2 N–H and O–H groups in total. The number of amides is 1. The van der Waals surface area contributed by atoms with Crippen LogP contribution in [0.25, 0.3) is 0 Å². The highest BCUT2D eigenvalue weighted by atomic mass is 32.1. The Hall–Kier alpha value is -1.89. The Labute approximate surface area is 175 Å². The van der Waals surface area contributed by atoms with Gasteiger partial charge in [-0.25, -0.2) is 4.79 Å². The molecule has 3 aliphatic rings. The highest BCUT2D eigenvalue weighted by molar-refractivity contribution is 7.17. The number of esters is 1. The van der Waals surface area contributed by atoms with Gasteiger partial charge >= 0.3 is 11.9 Å². The van der Waals surface area contributed by atoms with Crippen LogP contribution in [0.15, 0.2) is 0 Å². The number of hydrogen-bond acceptors (Lipinski definition) is 5. The molecule has 4 rings (SSSR count). The lowest BCUT2D eigenvalue weighted by Gasteiger charge is -2.27. The van der Waals surface area contributed by atoms with Gasteiger partial charge in [-0.1, -0.05) is 13.3 Å². The van der Waals surface area contributed by atoms with Crippen molar-refractivity contribution in [2.75, 3.05) is 11.9 Å². The molecular weight excluding hydrogens is 390 g/mol. The number of carboxylic acids is 1. The Bertz CT molecular complexity index is 831. The summed E-state index contributed by atoms with van der Waals surface area (Å²) in [5.41, 5.74) is 1.50. The predicted octanol–water partition coefficient (Wildman–Crippen LogP) is 4.13. The number of ether oxygens (including phenoxy) is 1. The Morgan fingerprint density at radius 2 is 1.86 bits per heavy atom. The van der Waals surface area contributed by atoms with Crippen molar-refractivity contribution in [3.05, 3.63) is 16.0 Å². The third kappa shape index (κ3) is 3.58. The van der Waals surface area contributed by atoms with Gasteiger partial charge in [-0.3, -0.25) is 9.59 Å². The van der Waals surface area contributed by atoms with E-state index in [1.54, 1.807) is 6.92 Å². The van der Waals surface area contributed by atoms with Gasteiger partial charge in [0.15, 0.2) is 0 Å². The van der Waals surface area contributed by atoms with Crippen LogP contribution >= 0.6 is 11.3 Å². The van der Waals surface area contributed by atoms with Gasteiger partial charge in [0, 0.05) is 4.88 Å². The van der Waals surface area contributed by atoms with E-state index in [0.29, 0.717) is 16.5 Å². The summed E-state index contributed by atoms with van der Waals surface area (Å²) in [6.45, 7) is 4.23. The SMILES string of the molecule is CCOC(=O)c1c(NC(=O)[C@@H]2[C@H]3CC[C@@H](C3)[C@H]2C(=O)O)sc2c1CC[C@@H](CC)C2. The molecule has 1 aromatic rings. The maximum Gasteiger partial charge on any atom is 0.341 e. The zero-order valence-electron chi connectivity index (χ0n) is 17.0. The normalized spacial score (nSPS) is 30.1. The van der Waals surface area contributed by atoms with Crippen LogP contribution in [0.1, 0.15) is 66.8 Å². The molecule has 0 aromatic carbocycles. The van der Waals surface area contributed by atoms with Crippen molar-refractivity contribution in [3.8, 4) is 0 Å². The van der Waals surface area contributed by atoms with Crippen LogP contribution in [0.5, 0.6) is 0 Å². The largest absolute Gasteiger partial charge is 0.481 e. The van der Waals surface area contributed by atoms with E-state index in [9.17, 15) is 19.5 Å². The van der Waals surface area contributed by atoms with E-state index in [-0.39, 0.29) is 24.3 Å². The molecule has 5 atom stereocenters. The van der Waals surface area contributed by atoms with Crippen LogP contribution in [0, 0.1) is 29.6 Å². The minimum absolute atomic E-state index is 0.0969. The Morgan fingerprint density at radius 3 is 2.52 bits per heavy atom. The minimum atomic E-state index is -0.876. The second-order valence-corrected chi connectivity index (χ2v) is 9.76. The molecular formula is C22H29NO5S. The molecule has 0 saturated heterocycles. The van der Waals surface area contributed by atoms with Gasteiger partial charge in [-0.15, -0.1) is 11.3 Å². The van der Waals surface area contributed by atoms with E-state index in [2.05, 4.69) is 12.2 Å². The molecule has 2 fully saturated rings. The van der Waals surface area contributed by atoms with Gasteiger partial charge in [-0.05, 0) is 68.8 Å². The van der Waals surface area contributed by atoms with Crippen LogP contribution in [0.2, 0.25) is 0 Å². The number of carbonyl (C=O) groups excluding carboxylic acids is 2. The summed E-state index contributed by atoms with van der Waals surface area (Å²) < 4.78 is 5.28. The Morgan fingerprint density at radius 1 is 1.14 bits per heavy atom. The maximum absolute atomic E-state index is 13.2. The average Bonchev–Trinajstić information content (AvgIpc) is 3.39. The first-order valence-electron chi connectivity index (χ1n) is 10.8. The lowest BCUT2D eigenvalue weighted by Crippen LogP contribution is -2.38. The molecule has 2 bridgehead atoms. The molecule has 1 amide bonds. The molecule has 0 spiro atoms. The van der Waals surface area contributed by atoms with E-state index in [1.807, 2.05) is 0 Å². The summed E-state index contributed by atoms with van der Waals surface area (Å²) in [6.07, 6.45) is 6.50. The quantitative estimate of drug-likeness (QED) is 0.677. The van der Waals surface area contributed by atoms with Gasteiger partial charge in [0.1, 0.15) is 5.00 Å². The number of carboxylic acid groups (broad SMARTS) is 1. The first-order chi connectivity index (χ1) is 13.9. The van der Waals surface area contributed by atoms with Crippen molar-refractivity contribution < 1.29 is 24.2 Å². The highest BCUT2D eigenvalue weighted by Crippen LogP contribution is 2.53. The zero-order chi connectivity index (χ0) is 20.7. The number of anilines is 1. The topological polar surface area (TPSA) is 92.7 Å². The van der Waals surface area contributed by atoms with E-state index in [1.165, 1.54) is 11.3 Å². The number of nitrogens with one attached hydrogen (secondary N) is 1. The molecule has 29 heavy (non-hydrogen) atoms. The Balaban J connectivity index is 1.62. The second-order valence-electron chi connectivity index (χ2n) is 8.66. The molecule has 3 aliphatic carbocycles. The van der Waals surface area contributed by atoms with Gasteiger partial charge in [0.25, 0.3) is 0 Å². The number of thiophene rings is 1. The molecule has 158 valence electrons.